The Morgan fingerprint density at radius 1 is 0.660 bits per heavy atom. The summed E-state index contributed by atoms with van der Waals surface area (Å²) in [6.07, 6.45) is 3.96. The first-order valence-electron chi connectivity index (χ1n) is 18.7. The van der Waals surface area contributed by atoms with Crippen molar-refractivity contribution in [1.29, 1.82) is 0 Å². The molecule has 2 nitrogen and oxygen atoms in total. The maximum Gasteiger partial charge on any atom is 0.0798 e. The van der Waals surface area contributed by atoms with Gasteiger partial charge in [0.25, 0.3) is 0 Å². The van der Waals surface area contributed by atoms with Crippen molar-refractivity contribution < 1.29 is 21.5 Å². The van der Waals surface area contributed by atoms with Crippen LogP contribution in [0.15, 0.2) is 109 Å². The van der Waals surface area contributed by atoms with Crippen molar-refractivity contribution in [1.82, 2.24) is 9.97 Å². The van der Waals surface area contributed by atoms with Crippen LogP contribution in [-0.2, 0) is 20.1 Å². The third-order valence-electron chi connectivity index (χ3n) is 9.58. The Labute approximate surface area is 340 Å². The van der Waals surface area contributed by atoms with Crippen LogP contribution in [0.1, 0.15) is 23.2 Å². The van der Waals surface area contributed by atoms with Gasteiger partial charge in [-0.15, -0.1) is 59.7 Å². The Morgan fingerprint density at radius 3 is 1.96 bits per heavy atom. The number of hydrogen-bond donors (Lipinski definition) is 0. The third kappa shape index (κ3) is 8.99. The molecule has 3 aromatic heterocycles. The number of thiophene rings is 1. The Hall–Kier alpha value is -3.30. The average molecular weight is 942 g/mol. The van der Waals surface area contributed by atoms with Gasteiger partial charge in [-0.25, -0.2) is 0 Å². The molecule has 7 rings (SSSR count). The molecule has 0 aliphatic heterocycles. The van der Waals surface area contributed by atoms with E-state index < -0.39 is 29.4 Å². The number of aryl methyl sites for hydroxylation is 2. The van der Waals surface area contributed by atoms with Gasteiger partial charge in [0, 0.05) is 60.3 Å². The van der Waals surface area contributed by atoms with Crippen molar-refractivity contribution in [3.8, 4) is 33.6 Å². The zero-order chi connectivity index (χ0) is 38.3. The summed E-state index contributed by atoms with van der Waals surface area (Å²) < 4.78 is 12.3. The zero-order valence-corrected chi connectivity index (χ0v) is 39.2. The number of rotatable bonds is 7. The van der Waals surface area contributed by atoms with Crippen LogP contribution < -0.4 is 5.19 Å². The molecule has 53 heavy (non-hydrogen) atoms. The standard InChI is InChI=1S/C31H34NSSi2.C15H18NSi.Ir/c1-21-16-17-25-24-14-11-15-26(29(24)33-30(25)28(21)22-12-9-8-10-13-22)27-20-23(18-19-32-27)31(34(2,3)4)35(5,6)7;1-12-10-14(13-8-6-5-7-9-13)16-11-15(12)17(2,3)4;/h8-14,16-20,31H,1-7H3;5-8,10-11H,1-4H3;/q2*-1;/i31D;;. The Bertz CT molecular complexity index is 2380. The van der Waals surface area contributed by atoms with Crippen molar-refractivity contribution in [3.05, 3.63) is 138 Å². The molecule has 0 spiro atoms. The molecule has 0 aliphatic rings. The van der Waals surface area contributed by atoms with Crippen LogP contribution in [0.5, 0.6) is 0 Å². The largest absolute Gasteiger partial charge is 0.305 e. The van der Waals surface area contributed by atoms with Crippen LogP contribution in [0.2, 0.25) is 58.9 Å². The van der Waals surface area contributed by atoms with Gasteiger partial charge in [0.05, 0.1) is 8.07 Å². The van der Waals surface area contributed by atoms with E-state index >= 15 is 0 Å². The minimum Gasteiger partial charge on any atom is -0.305 e. The molecule has 4 aromatic carbocycles. The van der Waals surface area contributed by atoms with E-state index in [4.69, 9.17) is 4.98 Å². The Balaban J connectivity index is 0.000000262. The number of fused-ring (bicyclic) bond motifs is 3. The second kappa shape index (κ2) is 16.2. The molecular formula is C46H52IrN2SSi3-2. The minimum atomic E-state index is -1.85. The fourth-order valence-electron chi connectivity index (χ4n) is 7.81. The molecule has 1 radical (unpaired) electrons. The summed E-state index contributed by atoms with van der Waals surface area (Å²) in [6.45, 7) is 25.5. The number of pyridine rings is 2. The number of benzene rings is 4. The normalized spacial score (nSPS) is 12.5. The second-order valence-electron chi connectivity index (χ2n) is 16.9. The van der Waals surface area contributed by atoms with Crippen LogP contribution >= 0.6 is 11.3 Å². The summed E-state index contributed by atoms with van der Waals surface area (Å²) in [5.41, 5.74) is 10.4. The molecule has 0 amide bonds. The summed E-state index contributed by atoms with van der Waals surface area (Å²) in [4.78, 5) is 9.41. The quantitative estimate of drug-likeness (QED) is 0.118. The summed E-state index contributed by atoms with van der Waals surface area (Å²) >= 11 is 1.84. The summed E-state index contributed by atoms with van der Waals surface area (Å²) in [6, 6.07) is 40.6. The smallest absolute Gasteiger partial charge is 0.0798 e. The first-order chi connectivity index (χ1) is 24.9. The van der Waals surface area contributed by atoms with E-state index in [9.17, 15) is 1.37 Å². The number of hydrogen-bond acceptors (Lipinski definition) is 3. The zero-order valence-electron chi connectivity index (χ0n) is 34.0. The van der Waals surface area contributed by atoms with E-state index in [1.165, 1.54) is 47.6 Å². The maximum atomic E-state index is 9.81. The van der Waals surface area contributed by atoms with Gasteiger partial charge >= 0.3 is 0 Å². The van der Waals surface area contributed by atoms with Crippen LogP contribution in [0.3, 0.4) is 0 Å². The maximum absolute atomic E-state index is 9.81. The fraction of sp³-hybridized carbons (Fsp3) is 0.261. The number of aromatic nitrogens is 2. The molecule has 0 saturated heterocycles. The van der Waals surface area contributed by atoms with E-state index in [1.807, 2.05) is 41.8 Å². The van der Waals surface area contributed by atoms with Gasteiger partial charge in [-0.3, -0.25) is 0 Å². The molecule has 275 valence electrons. The van der Waals surface area contributed by atoms with Gasteiger partial charge in [0.15, 0.2) is 0 Å². The van der Waals surface area contributed by atoms with Gasteiger partial charge in [-0.2, -0.15) is 11.3 Å². The predicted molar refractivity (Wildman–Crippen MR) is 237 cm³/mol. The van der Waals surface area contributed by atoms with Crippen molar-refractivity contribution in [2.75, 3.05) is 0 Å². The second-order valence-corrected chi connectivity index (χ2v) is 33.5. The fourth-order valence-corrected chi connectivity index (χ4v) is 22.0. The minimum absolute atomic E-state index is 0. The molecule has 0 bridgehead atoms. The van der Waals surface area contributed by atoms with E-state index in [2.05, 4.69) is 169 Å². The van der Waals surface area contributed by atoms with Crippen LogP contribution in [-0.4, -0.2) is 34.2 Å². The molecule has 7 aromatic rings. The van der Waals surface area contributed by atoms with Crippen molar-refractivity contribution in [2.45, 2.75) is 77.9 Å². The first kappa shape index (κ1) is 39.4. The first-order valence-corrected chi connectivity index (χ1v) is 29.6. The van der Waals surface area contributed by atoms with Crippen LogP contribution in [0.25, 0.3) is 53.8 Å². The van der Waals surface area contributed by atoms with Gasteiger partial charge in [-0.1, -0.05) is 130 Å². The van der Waals surface area contributed by atoms with E-state index in [0.29, 0.717) is 0 Å². The molecule has 3 heterocycles. The van der Waals surface area contributed by atoms with E-state index in [-0.39, 0.29) is 20.1 Å². The Kier molecular flexibility index (Phi) is 12.0. The molecule has 0 fully saturated rings. The molecule has 0 aliphatic carbocycles. The van der Waals surface area contributed by atoms with Crippen molar-refractivity contribution >= 4 is 60.9 Å². The SMILES string of the molecule is Cc1cc(-c2[c-]cccc2)ncc1[Si](C)(C)C.[2H]C(c1ccnc(-c2[c-]ccc3c2sc2c(-c4ccccc4)c(C)ccc23)c1)([Si](C)(C)C)[Si](C)(C)C.[Ir]. The predicted octanol–water partition coefficient (Wildman–Crippen LogP) is 13.1. The molecular weight excluding hydrogens is 889 g/mol. The third-order valence-corrected chi connectivity index (χ3v) is 21.1. The van der Waals surface area contributed by atoms with Gasteiger partial charge in [-0.05, 0) is 62.8 Å². The van der Waals surface area contributed by atoms with Gasteiger partial charge in [0.1, 0.15) is 0 Å². The Morgan fingerprint density at radius 2 is 1.34 bits per heavy atom. The van der Waals surface area contributed by atoms with Gasteiger partial charge < -0.3 is 9.97 Å². The van der Waals surface area contributed by atoms with Crippen molar-refractivity contribution in [2.24, 2.45) is 0 Å². The monoisotopic (exact) mass is 942 g/mol. The van der Waals surface area contributed by atoms with E-state index in [1.54, 1.807) is 0 Å². The van der Waals surface area contributed by atoms with Crippen LogP contribution in [0.4, 0.5) is 0 Å². The molecule has 0 N–H and O–H groups in total. The number of nitrogens with zero attached hydrogens (tertiary/aromatic N) is 2. The van der Waals surface area contributed by atoms with E-state index in [0.717, 1.165) is 28.1 Å². The molecule has 0 unspecified atom stereocenters. The molecule has 0 saturated carbocycles. The van der Waals surface area contributed by atoms with Crippen molar-refractivity contribution in [3.63, 3.8) is 0 Å². The molecule has 0 atom stereocenters. The molecule has 7 heteroatoms. The van der Waals surface area contributed by atoms with Crippen LogP contribution in [0, 0.1) is 26.0 Å². The summed E-state index contributed by atoms with van der Waals surface area (Å²) in [5.74, 6) is 0. The average Bonchev–Trinajstić information content (AvgIpc) is 3.49. The topological polar surface area (TPSA) is 25.8 Å². The summed E-state index contributed by atoms with van der Waals surface area (Å²) in [7, 11) is -4.97. The van der Waals surface area contributed by atoms with Gasteiger partial charge in [0.2, 0.25) is 0 Å². The summed E-state index contributed by atoms with van der Waals surface area (Å²) in [5, 5.41) is 3.46.